The SMILES string of the molecule is CC(C)(C)OC(=O)N1CCC(n2cc(-c3[nH]nc4ncc5c(c34)-c3ccccc3C(c3ccccc3Cl)C5)cn2)CC1. The van der Waals surface area contributed by atoms with E-state index in [1.165, 1.54) is 22.3 Å². The van der Waals surface area contributed by atoms with E-state index in [4.69, 9.17) is 26.4 Å². The first-order valence-electron chi connectivity index (χ1n) is 14.5. The van der Waals surface area contributed by atoms with Gasteiger partial charge in [-0.15, -0.1) is 0 Å². The van der Waals surface area contributed by atoms with Crippen molar-refractivity contribution in [2.75, 3.05) is 13.1 Å². The molecule has 1 atom stereocenters. The summed E-state index contributed by atoms with van der Waals surface area (Å²) in [7, 11) is 0. The molecule has 4 heterocycles. The number of pyridine rings is 1. The molecule has 2 aliphatic rings. The van der Waals surface area contributed by atoms with Crippen LogP contribution in [0.3, 0.4) is 0 Å². The predicted molar refractivity (Wildman–Crippen MR) is 164 cm³/mol. The first kappa shape index (κ1) is 26.7. The summed E-state index contributed by atoms with van der Waals surface area (Å²) in [5.41, 5.74) is 7.98. The zero-order chi connectivity index (χ0) is 29.0. The van der Waals surface area contributed by atoms with Crippen molar-refractivity contribution in [3.8, 4) is 22.4 Å². The number of halogens is 1. The van der Waals surface area contributed by atoms with Crippen molar-refractivity contribution in [2.24, 2.45) is 0 Å². The Morgan fingerprint density at radius 3 is 2.52 bits per heavy atom. The number of aromatic amines is 1. The summed E-state index contributed by atoms with van der Waals surface area (Å²) in [5.74, 6) is 0.145. The van der Waals surface area contributed by atoms with Crippen molar-refractivity contribution in [3.63, 3.8) is 0 Å². The van der Waals surface area contributed by atoms with Crippen LogP contribution in [0.5, 0.6) is 0 Å². The topological polar surface area (TPSA) is 88.9 Å². The lowest BCUT2D eigenvalue weighted by molar-refractivity contribution is 0.0185. The third-order valence-corrected chi connectivity index (χ3v) is 8.70. The first-order valence-corrected chi connectivity index (χ1v) is 14.9. The Balaban J connectivity index is 1.21. The van der Waals surface area contributed by atoms with Gasteiger partial charge >= 0.3 is 6.09 Å². The molecule has 1 unspecified atom stereocenters. The number of nitrogens with zero attached hydrogens (tertiary/aromatic N) is 5. The van der Waals surface area contributed by atoms with Crippen LogP contribution in [0.1, 0.15) is 62.3 Å². The standard InChI is InChI=1S/C33H33ClN6O2/c1-33(2,3)42-32(41)39-14-12-22(13-15-39)40-19-21(18-36-40)30-29-28-20(17-35-31(29)38-37-30)16-26(23-8-4-5-10-25(23)28)24-9-6-7-11-27(24)34/h4-11,17-19,22,26H,12-16H2,1-3H3,(H,35,37,38). The average Bonchev–Trinajstić information content (AvgIpc) is 3.64. The van der Waals surface area contributed by atoms with Gasteiger partial charge < -0.3 is 9.64 Å². The molecule has 1 saturated heterocycles. The van der Waals surface area contributed by atoms with Gasteiger partial charge in [0.05, 0.1) is 23.3 Å². The minimum absolute atomic E-state index is 0.145. The normalized spacial score (nSPS) is 17.2. The number of amides is 1. The van der Waals surface area contributed by atoms with Crippen molar-refractivity contribution < 1.29 is 9.53 Å². The summed E-state index contributed by atoms with van der Waals surface area (Å²) >= 11 is 6.68. The van der Waals surface area contributed by atoms with Crippen LogP contribution in [-0.4, -0.2) is 54.6 Å². The Labute approximate surface area is 249 Å². The fraction of sp³-hybridized carbons (Fsp3) is 0.333. The van der Waals surface area contributed by atoms with Crippen LogP contribution in [0.15, 0.2) is 67.1 Å². The van der Waals surface area contributed by atoms with Crippen molar-refractivity contribution in [3.05, 3.63) is 88.8 Å². The van der Waals surface area contributed by atoms with Gasteiger partial charge in [0.25, 0.3) is 0 Å². The van der Waals surface area contributed by atoms with Crippen molar-refractivity contribution in [1.82, 2.24) is 29.9 Å². The van der Waals surface area contributed by atoms with Gasteiger partial charge in [0.2, 0.25) is 0 Å². The second-order valence-corrected chi connectivity index (χ2v) is 12.6. The number of aromatic nitrogens is 5. The zero-order valence-electron chi connectivity index (χ0n) is 24.0. The molecule has 8 nitrogen and oxygen atoms in total. The summed E-state index contributed by atoms with van der Waals surface area (Å²) in [6.07, 6.45) is 8.13. The molecular weight excluding hydrogens is 548 g/mol. The number of piperidine rings is 1. The van der Waals surface area contributed by atoms with Gasteiger partial charge in [-0.3, -0.25) is 9.78 Å². The number of likely N-dealkylation sites (tertiary alicyclic amines) is 1. The molecule has 214 valence electrons. The molecule has 2 aromatic carbocycles. The van der Waals surface area contributed by atoms with Crippen LogP contribution in [0.2, 0.25) is 5.02 Å². The molecule has 1 amide bonds. The van der Waals surface area contributed by atoms with Gasteiger partial charge in [0.1, 0.15) is 5.60 Å². The third kappa shape index (κ3) is 4.73. The van der Waals surface area contributed by atoms with E-state index < -0.39 is 5.60 Å². The number of fused-ring (bicyclic) bond motifs is 5. The van der Waals surface area contributed by atoms with E-state index in [9.17, 15) is 4.79 Å². The van der Waals surface area contributed by atoms with Gasteiger partial charge in [-0.1, -0.05) is 54.1 Å². The molecular formula is C33H33ClN6O2. The molecule has 9 heteroatoms. The second-order valence-electron chi connectivity index (χ2n) is 12.2. The Kier molecular flexibility index (Phi) is 6.54. The third-order valence-electron chi connectivity index (χ3n) is 8.35. The number of rotatable bonds is 3. The van der Waals surface area contributed by atoms with Gasteiger partial charge in [-0.2, -0.15) is 10.2 Å². The number of carbonyl (C=O) groups is 1. The van der Waals surface area contributed by atoms with E-state index in [2.05, 4.69) is 46.7 Å². The molecule has 1 N–H and O–H groups in total. The molecule has 0 bridgehead atoms. The fourth-order valence-corrected chi connectivity index (χ4v) is 6.67. The molecule has 3 aromatic heterocycles. The monoisotopic (exact) mass is 580 g/mol. The van der Waals surface area contributed by atoms with E-state index in [1.807, 2.05) is 56.0 Å². The summed E-state index contributed by atoms with van der Waals surface area (Å²) < 4.78 is 7.59. The van der Waals surface area contributed by atoms with Crippen molar-refractivity contribution in [2.45, 2.75) is 57.6 Å². The lowest BCUT2D eigenvalue weighted by Crippen LogP contribution is -2.42. The van der Waals surface area contributed by atoms with Gasteiger partial charge in [0.15, 0.2) is 5.65 Å². The Morgan fingerprint density at radius 2 is 1.76 bits per heavy atom. The molecule has 1 aliphatic heterocycles. The molecule has 0 spiro atoms. The van der Waals surface area contributed by atoms with E-state index in [-0.39, 0.29) is 18.1 Å². The quantitative estimate of drug-likeness (QED) is 0.240. The maximum Gasteiger partial charge on any atom is 0.410 e. The summed E-state index contributed by atoms with van der Waals surface area (Å²) in [4.78, 5) is 19.1. The van der Waals surface area contributed by atoms with E-state index >= 15 is 0 Å². The molecule has 1 fully saturated rings. The van der Waals surface area contributed by atoms with E-state index in [0.29, 0.717) is 18.7 Å². The number of H-pyrrole nitrogens is 1. The van der Waals surface area contributed by atoms with Crippen LogP contribution < -0.4 is 0 Å². The maximum atomic E-state index is 12.5. The minimum Gasteiger partial charge on any atom is -0.444 e. The molecule has 5 aromatic rings. The number of benzene rings is 2. The largest absolute Gasteiger partial charge is 0.444 e. The van der Waals surface area contributed by atoms with Crippen molar-refractivity contribution in [1.29, 1.82) is 0 Å². The fourth-order valence-electron chi connectivity index (χ4n) is 6.40. The van der Waals surface area contributed by atoms with Crippen molar-refractivity contribution >= 4 is 28.7 Å². The highest BCUT2D eigenvalue weighted by molar-refractivity contribution is 6.31. The summed E-state index contributed by atoms with van der Waals surface area (Å²) in [6, 6.07) is 16.9. The molecule has 1 aliphatic carbocycles. The second kappa shape index (κ2) is 10.3. The van der Waals surface area contributed by atoms with E-state index in [1.54, 1.807) is 4.90 Å². The number of hydrogen-bond donors (Lipinski definition) is 1. The van der Waals surface area contributed by atoms with Gasteiger partial charge in [-0.05, 0) is 73.9 Å². The number of ether oxygens (including phenoxy) is 1. The Bertz CT molecular complexity index is 1790. The molecule has 0 radical (unpaired) electrons. The van der Waals surface area contributed by atoms with Crippen LogP contribution in [0, 0.1) is 0 Å². The Morgan fingerprint density at radius 1 is 1.02 bits per heavy atom. The first-order chi connectivity index (χ1) is 20.3. The maximum absolute atomic E-state index is 12.5. The zero-order valence-corrected chi connectivity index (χ0v) is 24.7. The van der Waals surface area contributed by atoms with Gasteiger partial charge in [-0.25, -0.2) is 9.78 Å². The number of nitrogens with one attached hydrogen (secondary N) is 1. The van der Waals surface area contributed by atoms with Gasteiger partial charge in [0, 0.05) is 42.0 Å². The molecule has 42 heavy (non-hydrogen) atoms. The summed E-state index contributed by atoms with van der Waals surface area (Å²) in [6.45, 7) is 6.96. The lowest BCUT2D eigenvalue weighted by atomic mass is 9.75. The smallest absolute Gasteiger partial charge is 0.410 e. The predicted octanol–water partition coefficient (Wildman–Crippen LogP) is 7.40. The highest BCUT2D eigenvalue weighted by Crippen LogP contribution is 2.47. The molecule has 0 saturated carbocycles. The number of carbonyl (C=O) groups excluding carboxylic acids is 1. The van der Waals surface area contributed by atoms with Crippen LogP contribution >= 0.6 is 11.6 Å². The van der Waals surface area contributed by atoms with Crippen LogP contribution in [-0.2, 0) is 11.2 Å². The lowest BCUT2D eigenvalue weighted by Gasteiger charge is -2.33. The minimum atomic E-state index is -0.498. The van der Waals surface area contributed by atoms with Crippen LogP contribution in [0.25, 0.3) is 33.4 Å². The summed E-state index contributed by atoms with van der Waals surface area (Å²) in [5, 5.41) is 14.4. The highest BCUT2D eigenvalue weighted by Gasteiger charge is 2.31. The number of hydrogen-bond acceptors (Lipinski definition) is 5. The highest BCUT2D eigenvalue weighted by atomic mass is 35.5. The molecule has 7 rings (SSSR count). The Hall–Kier alpha value is -4.17. The van der Waals surface area contributed by atoms with Crippen LogP contribution in [0.4, 0.5) is 4.79 Å². The van der Waals surface area contributed by atoms with E-state index in [0.717, 1.165) is 46.5 Å². The average molecular weight is 581 g/mol.